The summed E-state index contributed by atoms with van der Waals surface area (Å²) in [7, 11) is 1.67. The maximum absolute atomic E-state index is 11.6. The molecule has 1 fully saturated rings. The zero-order chi connectivity index (χ0) is 14.9. The van der Waals surface area contributed by atoms with Gasteiger partial charge in [-0.25, -0.2) is 0 Å². The van der Waals surface area contributed by atoms with E-state index in [1.54, 1.807) is 18.9 Å². The SMILES string of the molecule is COCCCNC(=O)CSc1ccc(CNC2CC2)cc1. The van der Waals surface area contributed by atoms with Crippen LogP contribution in [0, 0.1) is 0 Å². The Labute approximate surface area is 131 Å². The van der Waals surface area contributed by atoms with E-state index in [-0.39, 0.29) is 5.91 Å². The number of hydrogen-bond donors (Lipinski definition) is 2. The Morgan fingerprint density at radius 1 is 1.33 bits per heavy atom. The number of amides is 1. The number of rotatable bonds is 10. The van der Waals surface area contributed by atoms with Crippen molar-refractivity contribution in [3.8, 4) is 0 Å². The van der Waals surface area contributed by atoms with Crippen LogP contribution in [0.3, 0.4) is 0 Å². The van der Waals surface area contributed by atoms with E-state index in [1.807, 2.05) is 0 Å². The number of carbonyl (C=O) groups excluding carboxylic acids is 1. The Morgan fingerprint density at radius 3 is 2.76 bits per heavy atom. The largest absolute Gasteiger partial charge is 0.385 e. The van der Waals surface area contributed by atoms with Gasteiger partial charge in [0.05, 0.1) is 5.75 Å². The third kappa shape index (κ3) is 6.98. The Kier molecular flexibility index (Phi) is 7.06. The van der Waals surface area contributed by atoms with Gasteiger partial charge in [-0.15, -0.1) is 11.8 Å². The lowest BCUT2D eigenvalue weighted by Crippen LogP contribution is -2.26. The highest BCUT2D eigenvalue weighted by molar-refractivity contribution is 8.00. The lowest BCUT2D eigenvalue weighted by Gasteiger charge is -2.06. The first-order valence-electron chi connectivity index (χ1n) is 7.48. The molecule has 1 saturated carbocycles. The number of nitrogens with one attached hydrogen (secondary N) is 2. The summed E-state index contributed by atoms with van der Waals surface area (Å²) in [6, 6.07) is 9.18. The van der Waals surface area contributed by atoms with Crippen molar-refractivity contribution in [2.24, 2.45) is 0 Å². The summed E-state index contributed by atoms with van der Waals surface area (Å²) in [6.07, 6.45) is 3.48. The second-order valence-electron chi connectivity index (χ2n) is 5.28. The van der Waals surface area contributed by atoms with Gasteiger partial charge in [0, 0.05) is 37.7 Å². The van der Waals surface area contributed by atoms with Crippen molar-refractivity contribution in [3.05, 3.63) is 29.8 Å². The quantitative estimate of drug-likeness (QED) is 0.514. The summed E-state index contributed by atoms with van der Waals surface area (Å²) >= 11 is 1.57. The van der Waals surface area contributed by atoms with Gasteiger partial charge < -0.3 is 15.4 Å². The van der Waals surface area contributed by atoms with Crippen molar-refractivity contribution >= 4 is 17.7 Å². The fourth-order valence-electron chi connectivity index (χ4n) is 1.90. The predicted octanol–water partition coefficient (Wildman–Crippen LogP) is 2.18. The van der Waals surface area contributed by atoms with Crippen LogP contribution in [0.25, 0.3) is 0 Å². The number of methoxy groups -OCH3 is 1. The maximum Gasteiger partial charge on any atom is 0.230 e. The highest BCUT2D eigenvalue weighted by Crippen LogP contribution is 2.21. The Balaban J connectivity index is 1.61. The van der Waals surface area contributed by atoms with Crippen LogP contribution in [0.15, 0.2) is 29.2 Å². The van der Waals surface area contributed by atoms with Crippen molar-refractivity contribution < 1.29 is 9.53 Å². The molecule has 4 nitrogen and oxygen atoms in total. The first kappa shape index (κ1) is 16.3. The minimum absolute atomic E-state index is 0.0792. The summed E-state index contributed by atoms with van der Waals surface area (Å²) in [4.78, 5) is 12.8. The zero-order valence-electron chi connectivity index (χ0n) is 12.6. The monoisotopic (exact) mass is 308 g/mol. The molecule has 1 aliphatic rings. The van der Waals surface area contributed by atoms with Crippen LogP contribution >= 0.6 is 11.8 Å². The van der Waals surface area contributed by atoms with E-state index in [2.05, 4.69) is 34.9 Å². The highest BCUT2D eigenvalue weighted by atomic mass is 32.2. The molecule has 0 bridgehead atoms. The maximum atomic E-state index is 11.6. The Hall–Kier alpha value is -1.04. The Bertz CT molecular complexity index is 432. The minimum atomic E-state index is 0.0792. The van der Waals surface area contributed by atoms with Gasteiger partial charge in [0.25, 0.3) is 0 Å². The van der Waals surface area contributed by atoms with E-state index >= 15 is 0 Å². The van der Waals surface area contributed by atoms with Crippen LogP contribution in [0.2, 0.25) is 0 Å². The van der Waals surface area contributed by atoms with E-state index in [0.29, 0.717) is 18.9 Å². The number of hydrogen-bond acceptors (Lipinski definition) is 4. The van der Waals surface area contributed by atoms with Gasteiger partial charge in [-0.05, 0) is 37.0 Å². The van der Waals surface area contributed by atoms with Crippen LogP contribution < -0.4 is 10.6 Å². The highest BCUT2D eigenvalue weighted by Gasteiger charge is 2.19. The van der Waals surface area contributed by atoms with Crippen LogP contribution in [-0.4, -0.2) is 38.0 Å². The normalized spacial score (nSPS) is 14.1. The van der Waals surface area contributed by atoms with E-state index in [4.69, 9.17) is 4.74 Å². The summed E-state index contributed by atoms with van der Waals surface area (Å²) in [5.74, 6) is 0.544. The first-order valence-corrected chi connectivity index (χ1v) is 8.47. The lowest BCUT2D eigenvalue weighted by molar-refractivity contribution is -0.118. The molecule has 1 amide bonds. The van der Waals surface area contributed by atoms with Crippen LogP contribution in [0.5, 0.6) is 0 Å². The molecular weight excluding hydrogens is 284 g/mol. The topological polar surface area (TPSA) is 50.4 Å². The summed E-state index contributed by atoms with van der Waals surface area (Å²) in [5, 5.41) is 6.38. The average Bonchev–Trinajstić information content (AvgIpc) is 3.33. The molecule has 0 atom stereocenters. The molecule has 1 aromatic carbocycles. The van der Waals surface area contributed by atoms with Gasteiger partial charge in [0.1, 0.15) is 0 Å². The molecule has 0 saturated heterocycles. The molecule has 1 aliphatic carbocycles. The van der Waals surface area contributed by atoms with E-state index in [0.717, 1.165) is 23.9 Å². The van der Waals surface area contributed by atoms with Gasteiger partial charge in [0.15, 0.2) is 0 Å². The number of thioether (sulfide) groups is 1. The van der Waals surface area contributed by atoms with E-state index in [9.17, 15) is 4.79 Å². The van der Waals surface area contributed by atoms with E-state index in [1.165, 1.54) is 18.4 Å². The predicted molar refractivity (Wildman–Crippen MR) is 86.5 cm³/mol. The standard InChI is InChI=1S/C16H24N2O2S/c1-20-10-2-9-17-16(19)12-21-15-7-3-13(4-8-15)11-18-14-5-6-14/h3-4,7-8,14,18H,2,5-6,9-12H2,1H3,(H,17,19). The average molecular weight is 308 g/mol. The smallest absolute Gasteiger partial charge is 0.230 e. The molecule has 2 N–H and O–H groups in total. The molecule has 0 aliphatic heterocycles. The zero-order valence-corrected chi connectivity index (χ0v) is 13.4. The lowest BCUT2D eigenvalue weighted by atomic mass is 10.2. The molecule has 1 aromatic rings. The molecule has 0 aromatic heterocycles. The fraction of sp³-hybridized carbons (Fsp3) is 0.562. The van der Waals surface area contributed by atoms with Gasteiger partial charge >= 0.3 is 0 Å². The molecule has 116 valence electrons. The summed E-state index contributed by atoms with van der Waals surface area (Å²) in [6.45, 7) is 2.30. The third-order valence-corrected chi connectivity index (χ3v) is 4.32. The van der Waals surface area contributed by atoms with Crippen LogP contribution in [0.1, 0.15) is 24.8 Å². The molecule has 2 rings (SSSR count). The van der Waals surface area contributed by atoms with E-state index < -0.39 is 0 Å². The molecule has 0 spiro atoms. The van der Waals surface area contributed by atoms with Gasteiger partial charge in [-0.1, -0.05) is 12.1 Å². The number of ether oxygens (including phenoxy) is 1. The number of benzene rings is 1. The summed E-state index contributed by atoms with van der Waals surface area (Å²) < 4.78 is 4.94. The van der Waals surface area contributed by atoms with Gasteiger partial charge in [-0.2, -0.15) is 0 Å². The second-order valence-corrected chi connectivity index (χ2v) is 6.33. The number of carbonyl (C=O) groups is 1. The van der Waals surface area contributed by atoms with Crippen molar-refractivity contribution in [2.45, 2.75) is 36.7 Å². The third-order valence-electron chi connectivity index (χ3n) is 3.31. The Morgan fingerprint density at radius 2 is 2.10 bits per heavy atom. The fourth-order valence-corrected chi connectivity index (χ4v) is 2.63. The van der Waals surface area contributed by atoms with Crippen molar-refractivity contribution in [1.82, 2.24) is 10.6 Å². The van der Waals surface area contributed by atoms with Crippen LogP contribution in [0.4, 0.5) is 0 Å². The molecule has 21 heavy (non-hydrogen) atoms. The van der Waals surface area contributed by atoms with Gasteiger partial charge in [0.2, 0.25) is 5.91 Å². The van der Waals surface area contributed by atoms with Gasteiger partial charge in [-0.3, -0.25) is 4.79 Å². The van der Waals surface area contributed by atoms with Crippen LogP contribution in [-0.2, 0) is 16.1 Å². The molecule has 0 heterocycles. The molecular formula is C16H24N2O2S. The van der Waals surface area contributed by atoms with Crippen molar-refractivity contribution in [1.29, 1.82) is 0 Å². The van der Waals surface area contributed by atoms with Crippen molar-refractivity contribution in [3.63, 3.8) is 0 Å². The second kappa shape index (κ2) is 9.07. The minimum Gasteiger partial charge on any atom is -0.385 e. The first-order chi connectivity index (χ1) is 10.3. The summed E-state index contributed by atoms with van der Waals surface area (Å²) in [5.41, 5.74) is 1.30. The molecule has 0 unspecified atom stereocenters. The van der Waals surface area contributed by atoms with Crippen molar-refractivity contribution in [2.75, 3.05) is 26.0 Å². The molecule has 0 radical (unpaired) electrons. The molecule has 5 heteroatoms.